The lowest BCUT2D eigenvalue weighted by Gasteiger charge is -2.30. The van der Waals surface area contributed by atoms with Crippen molar-refractivity contribution in [2.24, 2.45) is 0 Å². The predicted octanol–water partition coefficient (Wildman–Crippen LogP) is 2.73. The van der Waals surface area contributed by atoms with Crippen molar-refractivity contribution in [2.75, 3.05) is 25.4 Å². The van der Waals surface area contributed by atoms with Crippen LogP contribution in [0.15, 0.2) is 24.3 Å². The quantitative estimate of drug-likeness (QED) is 0.880. The van der Waals surface area contributed by atoms with E-state index in [4.69, 9.17) is 0 Å². The Balaban J connectivity index is 1.91. The molecule has 2 nitrogen and oxygen atoms in total. The molecule has 100 valence electrons. The van der Waals surface area contributed by atoms with Crippen molar-refractivity contribution in [1.82, 2.24) is 10.2 Å². The Morgan fingerprint density at radius 2 is 2.22 bits per heavy atom. The van der Waals surface area contributed by atoms with Crippen molar-refractivity contribution in [3.8, 4) is 0 Å². The molecule has 1 N–H and O–H groups in total. The minimum Gasteiger partial charge on any atom is -0.313 e. The van der Waals surface area contributed by atoms with E-state index in [-0.39, 0.29) is 0 Å². The second-order valence-corrected chi connectivity index (χ2v) is 6.56. The molecule has 0 spiro atoms. The minimum atomic E-state index is 0.781. The SMILES string of the molecule is CCNCc1cccc(CN2CCSC(C)C2)c1. The van der Waals surface area contributed by atoms with Gasteiger partial charge in [0.1, 0.15) is 0 Å². The average molecular weight is 264 g/mol. The molecule has 1 saturated heterocycles. The Hall–Kier alpha value is -0.510. The molecule has 1 aromatic carbocycles. The molecule has 2 rings (SSSR count). The van der Waals surface area contributed by atoms with E-state index in [1.165, 1.54) is 30.0 Å². The number of benzene rings is 1. The Labute approximate surface area is 115 Å². The Kier molecular flexibility index (Phi) is 5.54. The molecule has 1 heterocycles. The van der Waals surface area contributed by atoms with Gasteiger partial charge in [0, 0.05) is 37.2 Å². The molecular weight excluding hydrogens is 240 g/mol. The van der Waals surface area contributed by atoms with E-state index in [1.54, 1.807) is 0 Å². The van der Waals surface area contributed by atoms with Crippen LogP contribution in [0.3, 0.4) is 0 Å². The van der Waals surface area contributed by atoms with Crippen molar-refractivity contribution < 1.29 is 0 Å². The van der Waals surface area contributed by atoms with Gasteiger partial charge in [-0.05, 0) is 17.7 Å². The summed E-state index contributed by atoms with van der Waals surface area (Å²) in [7, 11) is 0. The van der Waals surface area contributed by atoms with Crippen LogP contribution < -0.4 is 5.32 Å². The van der Waals surface area contributed by atoms with Gasteiger partial charge in [0.05, 0.1) is 0 Å². The van der Waals surface area contributed by atoms with Gasteiger partial charge >= 0.3 is 0 Å². The van der Waals surface area contributed by atoms with Crippen LogP contribution in [0.25, 0.3) is 0 Å². The lowest BCUT2D eigenvalue weighted by Crippen LogP contribution is -2.36. The largest absolute Gasteiger partial charge is 0.313 e. The molecule has 18 heavy (non-hydrogen) atoms. The van der Waals surface area contributed by atoms with Crippen molar-refractivity contribution >= 4 is 11.8 Å². The molecule has 1 atom stereocenters. The Morgan fingerprint density at radius 3 is 3.00 bits per heavy atom. The normalized spacial score (nSPS) is 21.1. The summed E-state index contributed by atoms with van der Waals surface area (Å²) in [6, 6.07) is 8.99. The lowest BCUT2D eigenvalue weighted by molar-refractivity contribution is 0.278. The summed E-state index contributed by atoms with van der Waals surface area (Å²) < 4.78 is 0. The molecule has 0 aliphatic carbocycles. The number of hydrogen-bond donors (Lipinski definition) is 1. The summed E-state index contributed by atoms with van der Waals surface area (Å²) in [5.41, 5.74) is 2.85. The van der Waals surface area contributed by atoms with Gasteiger partial charge in [-0.2, -0.15) is 11.8 Å². The average Bonchev–Trinajstić information content (AvgIpc) is 2.37. The molecular formula is C15H24N2S. The van der Waals surface area contributed by atoms with Crippen LogP contribution in [0.2, 0.25) is 0 Å². The topological polar surface area (TPSA) is 15.3 Å². The number of hydrogen-bond acceptors (Lipinski definition) is 3. The second kappa shape index (κ2) is 7.17. The smallest absolute Gasteiger partial charge is 0.0234 e. The van der Waals surface area contributed by atoms with Gasteiger partial charge < -0.3 is 5.32 Å². The van der Waals surface area contributed by atoms with Crippen molar-refractivity contribution in [1.29, 1.82) is 0 Å². The zero-order valence-electron chi connectivity index (χ0n) is 11.5. The fraction of sp³-hybridized carbons (Fsp3) is 0.600. The Morgan fingerprint density at radius 1 is 1.39 bits per heavy atom. The molecule has 0 bridgehead atoms. The maximum absolute atomic E-state index is 3.39. The van der Waals surface area contributed by atoms with E-state index < -0.39 is 0 Å². The van der Waals surface area contributed by atoms with Gasteiger partial charge in [-0.1, -0.05) is 38.1 Å². The fourth-order valence-electron chi connectivity index (χ4n) is 2.40. The summed E-state index contributed by atoms with van der Waals surface area (Å²) in [6.45, 7) is 10.1. The monoisotopic (exact) mass is 264 g/mol. The zero-order valence-corrected chi connectivity index (χ0v) is 12.3. The first-order valence-corrected chi connectivity index (χ1v) is 7.95. The first-order chi connectivity index (χ1) is 8.78. The molecule has 3 heteroatoms. The first kappa shape index (κ1) is 13.9. The van der Waals surface area contributed by atoms with Gasteiger partial charge in [0.25, 0.3) is 0 Å². The van der Waals surface area contributed by atoms with Gasteiger partial charge in [-0.3, -0.25) is 4.90 Å². The van der Waals surface area contributed by atoms with E-state index in [0.29, 0.717) is 0 Å². The minimum absolute atomic E-state index is 0.781. The Bertz CT molecular complexity index is 367. The first-order valence-electron chi connectivity index (χ1n) is 6.90. The van der Waals surface area contributed by atoms with Crippen LogP contribution in [0.1, 0.15) is 25.0 Å². The molecule has 0 aromatic heterocycles. The van der Waals surface area contributed by atoms with Crippen LogP contribution in [-0.4, -0.2) is 35.5 Å². The zero-order chi connectivity index (χ0) is 12.8. The number of nitrogens with zero attached hydrogens (tertiary/aromatic N) is 1. The highest BCUT2D eigenvalue weighted by molar-refractivity contribution is 7.99. The lowest BCUT2D eigenvalue weighted by atomic mass is 10.1. The third-order valence-corrected chi connectivity index (χ3v) is 4.44. The third kappa shape index (κ3) is 4.30. The van der Waals surface area contributed by atoms with Crippen molar-refractivity contribution in [2.45, 2.75) is 32.2 Å². The van der Waals surface area contributed by atoms with E-state index in [0.717, 1.165) is 24.9 Å². The highest BCUT2D eigenvalue weighted by Crippen LogP contribution is 2.19. The maximum Gasteiger partial charge on any atom is 0.0234 e. The standard InChI is InChI=1S/C15H24N2S/c1-3-16-10-14-5-4-6-15(9-14)12-17-7-8-18-13(2)11-17/h4-6,9,13,16H,3,7-8,10-12H2,1-2H3. The number of thioether (sulfide) groups is 1. The number of nitrogens with one attached hydrogen (secondary N) is 1. The second-order valence-electron chi connectivity index (χ2n) is 5.02. The van der Waals surface area contributed by atoms with Crippen LogP contribution >= 0.6 is 11.8 Å². The summed E-state index contributed by atoms with van der Waals surface area (Å²) in [5.74, 6) is 1.28. The van der Waals surface area contributed by atoms with Crippen LogP contribution in [0.5, 0.6) is 0 Å². The molecule has 1 aliphatic heterocycles. The fourth-order valence-corrected chi connectivity index (χ4v) is 3.48. The maximum atomic E-state index is 3.39. The highest BCUT2D eigenvalue weighted by atomic mass is 32.2. The van der Waals surface area contributed by atoms with Gasteiger partial charge in [0.15, 0.2) is 0 Å². The van der Waals surface area contributed by atoms with Gasteiger partial charge in [-0.15, -0.1) is 0 Å². The summed E-state index contributed by atoms with van der Waals surface area (Å²) in [6.07, 6.45) is 0. The summed E-state index contributed by atoms with van der Waals surface area (Å²) in [4.78, 5) is 2.58. The van der Waals surface area contributed by atoms with Crippen LogP contribution in [0, 0.1) is 0 Å². The molecule has 1 aliphatic rings. The molecule has 0 amide bonds. The van der Waals surface area contributed by atoms with Gasteiger partial charge in [-0.25, -0.2) is 0 Å². The van der Waals surface area contributed by atoms with Crippen LogP contribution in [0.4, 0.5) is 0 Å². The molecule has 0 radical (unpaired) electrons. The van der Waals surface area contributed by atoms with E-state index >= 15 is 0 Å². The van der Waals surface area contributed by atoms with Crippen molar-refractivity contribution in [3.05, 3.63) is 35.4 Å². The molecule has 1 aromatic rings. The van der Waals surface area contributed by atoms with E-state index in [1.807, 2.05) is 0 Å². The summed E-state index contributed by atoms with van der Waals surface area (Å²) >= 11 is 2.09. The molecule has 1 unspecified atom stereocenters. The van der Waals surface area contributed by atoms with Crippen LogP contribution in [-0.2, 0) is 13.1 Å². The number of rotatable bonds is 5. The molecule has 0 saturated carbocycles. The van der Waals surface area contributed by atoms with E-state index in [2.05, 4.69) is 60.1 Å². The predicted molar refractivity (Wildman–Crippen MR) is 81.0 cm³/mol. The third-order valence-electron chi connectivity index (χ3n) is 3.30. The summed E-state index contributed by atoms with van der Waals surface area (Å²) in [5, 5.41) is 4.17. The van der Waals surface area contributed by atoms with Gasteiger partial charge in [0.2, 0.25) is 0 Å². The van der Waals surface area contributed by atoms with E-state index in [9.17, 15) is 0 Å². The highest BCUT2D eigenvalue weighted by Gasteiger charge is 2.16. The van der Waals surface area contributed by atoms with Crippen molar-refractivity contribution in [3.63, 3.8) is 0 Å². The molecule has 1 fully saturated rings.